The van der Waals surface area contributed by atoms with Gasteiger partial charge in [0, 0.05) is 51.4 Å². The van der Waals surface area contributed by atoms with Crippen LogP contribution in [0.15, 0.2) is 83.1 Å². The summed E-state index contributed by atoms with van der Waals surface area (Å²) in [7, 11) is -3.80. The molecule has 2 aliphatic heterocycles. The zero-order valence-electron chi connectivity index (χ0n) is 24.7. The summed E-state index contributed by atoms with van der Waals surface area (Å²) < 4.78 is 28.5. The predicted octanol–water partition coefficient (Wildman–Crippen LogP) is 5.56. The molecular formula is C33H36ClN5O3S2. The van der Waals surface area contributed by atoms with E-state index in [1.807, 2.05) is 18.2 Å². The van der Waals surface area contributed by atoms with E-state index in [2.05, 4.69) is 70.6 Å². The second-order valence-electron chi connectivity index (χ2n) is 11.4. The Bertz CT molecular complexity index is 1700. The molecule has 2 aromatic heterocycles. The van der Waals surface area contributed by atoms with Crippen LogP contribution < -0.4 is 10.2 Å². The number of halogens is 1. The van der Waals surface area contributed by atoms with Crippen molar-refractivity contribution in [3.63, 3.8) is 0 Å². The molecule has 0 radical (unpaired) electrons. The number of anilines is 1. The molecular weight excluding hydrogens is 614 g/mol. The smallest absolute Gasteiger partial charge is 0.253 e. The molecule has 230 valence electrons. The number of benzene rings is 2. The average Bonchev–Trinajstić information content (AvgIpc) is 3.72. The first kappa shape index (κ1) is 30.7. The van der Waals surface area contributed by atoms with Gasteiger partial charge in [0.2, 0.25) is 5.91 Å². The van der Waals surface area contributed by atoms with Gasteiger partial charge in [-0.25, -0.2) is 13.4 Å². The molecule has 2 saturated heterocycles. The minimum atomic E-state index is -3.80. The summed E-state index contributed by atoms with van der Waals surface area (Å²) >= 11 is 7.02. The van der Waals surface area contributed by atoms with Gasteiger partial charge in [0.1, 0.15) is 16.1 Å². The van der Waals surface area contributed by atoms with E-state index < -0.39 is 16.1 Å². The van der Waals surface area contributed by atoms with Crippen LogP contribution in [-0.2, 0) is 27.9 Å². The molecule has 6 rings (SSSR count). The first-order valence-corrected chi connectivity index (χ1v) is 17.5. The number of hydrogen-bond donors (Lipinski definition) is 1. The van der Waals surface area contributed by atoms with E-state index in [1.165, 1.54) is 21.5 Å². The van der Waals surface area contributed by atoms with Crippen molar-refractivity contribution in [2.24, 2.45) is 0 Å². The van der Waals surface area contributed by atoms with Crippen LogP contribution in [0.3, 0.4) is 0 Å². The van der Waals surface area contributed by atoms with Crippen LogP contribution in [0.5, 0.6) is 0 Å². The van der Waals surface area contributed by atoms with Crippen LogP contribution in [0.4, 0.5) is 5.82 Å². The lowest BCUT2D eigenvalue weighted by atomic mass is 10.1. The van der Waals surface area contributed by atoms with E-state index in [9.17, 15) is 13.2 Å². The van der Waals surface area contributed by atoms with Gasteiger partial charge in [-0.05, 0) is 55.2 Å². The molecule has 1 amide bonds. The van der Waals surface area contributed by atoms with Crippen molar-refractivity contribution in [3.8, 4) is 11.3 Å². The number of sulfonamides is 1. The van der Waals surface area contributed by atoms with Crippen LogP contribution in [-0.4, -0.2) is 67.3 Å². The number of piperazine rings is 1. The zero-order chi connectivity index (χ0) is 30.7. The van der Waals surface area contributed by atoms with Crippen molar-refractivity contribution in [2.75, 3.05) is 37.6 Å². The predicted molar refractivity (Wildman–Crippen MR) is 176 cm³/mol. The number of rotatable bonds is 9. The van der Waals surface area contributed by atoms with Crippen molar-refractivity contribution < 1.29 is 13.2 Å². The highest BCUT2D eigenvalue weighted by Crippen LogP contribution is 2.32. The highest BCUT2D eigenvalue weighted by Gasteiger charge is 2.40. The Morgan fingerprint density at radius 2 is 1.70 bits per heavy atom. The Morgan fingerprint density at radius 1 is 0.955 bits per heavy atom. The SMILES string of the molecule is Cc1ccc(-c2cc(CNC(=O)[C@@H]3CCCN3S(=O)(=O)c3ccc(Cl)s3)cc(N3CCN(Cc4ccccc4)CC3)n2)cc1. The standard InChI is InChI=1S/C33H36ClN5O3S2/c1-24-9-11-27(12-10-24)28-20-26(21-31(36-28)38-18-16-37(17-19-38)23-25-6-3-2-4-7-25)22-35-33(40)29-8-5-15-39(29)44(41,42)32-14-13-30(34)43-32/h2-4,6-7,9-14,20-21,29H,5,8,15-19,22-23H2,1H3,(H,35,40)/t29-/m0/s1. The number of nitrogens with zero attached hydrogens (tertiary/aromatic N) is 4. The summed E-state index contributed by atoms with van der Waals surface area (Å²) in [4.78, 5) is 23.2. The summed E-state index contributed by atoms with van der Waals surface area (Å²) in [6.07, 6.45) is 1.11. The molecule has 2 fully saturated rings. The summed E-state index contributed by atoms with van der Waals surface area (Å²) in [5.41, 5.74) is 5.26. The zero-order valence-corrected chi connectivity index (χ0v) is 27.0. The van der Waals surface area contributed by atoms with Gasteiger partial charge in [0.25, 0.3) is 10.0 Å². The number of hydrogen-bond acceptors (Lipinski definition) is 7. The first-order valence-electron chi connectivity index (χ1n) is 14.9. The maximum Gasteiger partial charge on any atom is 0.253 e. The maximum atomic E-state index is 13.4. The third kappa shape index (κ3) is 7.00. The van der Waals surface area contributed by atoms with E-state index in [-0.39, 0.29) is 16.7 Å². The largest absolute Gasteiger partial charge is 0.354 e. The minimum absolute atomic E-state index is 0.160. The van der Waals surface area contributed by atoms with Crippen LogP contribution in [0.25, 0.3) is 11.3 Å². The molecule has 0 saturated carbocycles. The molecule has 11 heteroatoms. The van der Waals surface area contributed by atoms with Gasteiger partial charge in [0.15, 0.2) is 0 Å². The fraction of sp³-hybridized carbons (Fsp3) is 0.333. The molecule has 0 bridgehead atoms. The molecule has 44 heavy (non-hydrogen) atoms. The Hall–Kier alpha value is -3.28. The van der Waals surface area contributed by atoms with Crippen LogP contribution in [0.2, 0.25) is 4.34 Å². The third-order valence-corrected chi connectivity index (χ3v) is 11.9. The third-order valence-electron chi connectivity index (χ3n) is 8.25. The Kier molecular flexibility index (Phi) is 9.34. The Morgan fingerprint density at radius 3 is 2.41 bits per heavy atom. The van der Waals surface area contributed by atoms with Crippen molar-refractivity contribution >= 4 is 44.7 Å². The summed E-state index contributed by atoms with van der Waals surface area (Å²) in [5.74, 6) is 0.588. The Labute approximate surface area is 268 Å². The number of aryl methyl sites for hydroxylation is 1. The van der Waals surface area contributed by atoms with Gasteiger partial charge in [-0.1, -0.05) is 71.8 Å². The van der Waals surface area contributed by atoms with Crippen LogP contribution in [0, 0.1) is 6.92 Å². The molecule has 1 N–H and O–H groups in total. The molecule has 4 heterocycles. The highest BCUT2D eigenvalue weighted by atomic mass is 35.5. The molecule has 8 nitrogen and oxygen atoms in total. The fourth-order valence-electron chi connectivity index (χ4n) is 5.83. The number of carbonyl (C=O) groups excluding carboxylic acids is 1. The average molecular weight is 650 g/mol. The topological polar surface area (TPSA) is 85.8 Å². The van der Waals surface area contributed by atoms with Gasteiger partial charge >= 0.3 is 0 Å². The molecule has 0 unspecified atom stereocenters. The number of amides is 1. The van der Waals surface area contributed by atoms with Gasteiger partial charge in [-0.2, -0.15) is 4.31 Å². The van der Waals surface area contributed by atoms with E-state index in [1.54, 1.807) is 6.07 Å². The highest BCUT2D eigenvalue weighted by molar-refractivity contribution is 7.91. The summed E-state index contributed by atoms with van der Waals surface area (Å²) in [6.45, 7) is 7.13. The normalized spacial score (nSPS) is 18.0. The maximum absolute atomic E-state index is 13.4. The van der Waals surface area contributed by atoms with Crippen LogP contribution in [0.1, 0.15) is 29.5 Å². The lowest BCUT2D eigenvalue weighted by Gasteiger charge is -2.35. The fourth-order valence-corrected chi connectivity index (χ4v) is 9.10. The number of thiophene rings is 1. The van der Waals surface area contributed by atoms with Crippen LogP contribution >= 0.6 is 22.9 Å². The molecule has 2 aliphatic rings. The van der Waals surface area contributed by atoms with Crippen molar-refractivity contribution in [1.82, 2.24) is 19.5 Å². The monoisotopic (exact) mass is 649 g/mol. The molecule has 0 aliphatic carbocycles. The minimum Gasteiger partial charge on any atom is -0.354 e. The van der Waals surface area contributed by atoms with Gasteiger partial charge < -0.3 is 10.2 Å². The van der Waals surface area contributed by atoms with Crippen molar-refractivity contribution in [2.45, 2.75) is 43.1 Å². The van der Waals surface area contributed by atoms with E-state index in [0.29, 0.717) is 23.7 Å². The molecule has 4 aromatic rings. The number of nitrogens with one attached hydrogen (secondary N) is 1. The van der Waals surface area contributed by atoms with Gasteiger partial charge in [0.05, 0.1) is 10.0 Å². The molecule has 1 atom stereocenters. The van der Waals surface area contributed by atoms with E-state index in [4.69, 9.17) is 16.6 Å². The summed E-state index contributed by atoms with van der Waals surface area (Å²) in [5, 5.41) is 3.03. The summed E-state index contributed by atoms with van der Waals surface area (Å²) in [6, 6.07) is 25.2. The number of carbonyl (C=O) groups is 1. The lowest BCUT2D eigenvalue weighted by Crippen LogP contribution is -2.46. The number of pyridine rings is 1. The quantitative estimate of drug-likeness (QED) is 0.256. The van der Waals surface area contributed by atoms with E-state index >= 15 is 0 Å². The van der Waals surface area contributed by atoms with Gasteiger partial charge in [-0.15, -0.1) is 11.3 Å². The number of aromatic nitrogens is 1. The lowest BCUT2D eigenvalue weighted by molar-refractivity contribution is -0.124. The van der Waals surface area contributed by atoms with Crippen molar-refractivity contribution in [3.05, 3.63) is 99.9 Å². The van der Waals surface area contributed by atoms with E-state index in [0.717, 1.165) is 66.7 Å². The second kappa shape index (κ2) is 13.4. The molecule has 0 spiro atoms. The molecule has 2 aromatic carbocycles. The second-order valence-corrected chi connectivity index (χ2v) is 15.2. The van der Waals surface area contributed by atoms with Crippen molar-refractivity contribution in [1.29, 1.82) is 0 Å². The first-order chi connectivity index (χ1) is 21.3. The van der Waals surface area contributed by atoms with Gasteiger partial charge in [-0.3, -0.25) is 9.69 Å². The Balaban J connectivity index is 1.18.